The molecule has 1 aromatic rings. The summed E-state index contributed by atoms with van der Waals surface area (Å²) >= 11 is 3.35. The second kappa shape index (κ2) is 8.51. The van der Waals surface area contributed by atoms with Gasteiger partial charge >= 0.3 is 0 Å². The number of methoxy groups -OCH3 is 1. The number of nitrogens with one attached hydrogen (secondary N) is 2. The predicted molar refractivity (Wildman–Crippen MR) is 76.8 cm³/mol. The van der Waals surface area contributed by atoms with Gasteiger partial charge in [0.2, 0.25) is 5.91 Å². The van der Waals surface area contributed by atoms with E-state index in [4.69, 9.17) is 10.00 Å². The number of hydrogen-bond acceptors (Lipinski definition) is 4. The van der Waals surface area contributed by atoms with Crippen molar-refractivity contribution < 1.29 is 9.53 Å². The Balaban J connectivity index is 2.39. The number of rotatable bonds is 7. The molecule has 5 nitrogen and oxygen atoms in total. The quantitative estimate of drug-likeness (QED) is 0.751. The maximum Gasteiger partial charge on any atom is 0.221 e. The van der Waals surface area contributed by atoms with E-state index < -0.39 is 0 Å². The third kappa shape index (κ3) is 5.73. The number of anilines is 1. The Bertz CT molecular complexity index is 471. The number of ether oxygens (including phenoxy) is 1. The zero-order valence-corrected chi connectivity index (χ0v) is 12.3. The first-order valence-corrected chi connectivity index (χ1v) is 6.66. The Morgan fingerprint density at radius 1 is 1.47 bits per heavy atom. The van der Waals surface area contributed by atoms with Gasteiger partial charge in [0, 0.05) is 31.1 Å². The highest BCUT2D eigenvalue weighted by atomic mass is 79.9. The van der Waals surface area contributed by atoms with E-state index in [9.17, 15) is 4.79 Å². The number of nitriles is 1. The number of benzene rings is 1. The van der Waals surface area contributed by atoms with Gasteiger partial charge in [0.15, 0.2) is 0 Å². The van der Waals surface area contributed by atoms with Crippen molar-refractivity contribution in [3.05, 3.63) is 28.2 Å². The Morgan fingerprint density at radius 2 is 2.26 bits per heavy atom. The molecule has 1 aromatic carbocycles. The van der Waals surface area contributed by atoms with Crippen LogP contribution in [0.25, 0.3) is 0 Å². The molecule has 1 rings (SSSR count). The van der Waals surface area contributed by atoms with Gasteiger partial charge in [-0.2, -0.15) is 5.26 Å². The van der Waals surface area contributed by atoms with Crippen LogP contribution in [0.5, 0.6) is 0 Å². The van der Waals surface area contributed by atoms with Gasteiger partial charge in [0.25, 0.3) is 0 Å². The zero-order chi connectivity index (χ0) is 14.1. The maximum absolute atomic E-state index is 11.4. The van der Waals surface area contributed by atoms with Crippen molar-refractivity contribution in [1.82, 2.24) is 5.32 Å². The van der Waals surface area contributed by atoms with Crippen molar-refractivity contribution in [3.63, 3.8) is 0 Å². The Hall–Kier alpha value is -1.58. The summed E-state index contributed by atoms with van der Waals surface area (Å²) in [5, 5.41) is 14.8. The SMILES string of the molecule is COCCNC(=O)CCNc1cc(Br)ccc1C#N. The number of carbonyl (C=O) groups is 1. The lowest BCUT2D eigenvalue weighted by Crippen LogP contribution is -2.28. The minimum absolute atomic E-state index is 0.0435. The molecule has 0 aliphatic carbocycles. The summed E-state index contributed by atoms with van der Waals surface area (Å²) in [6.07, 6.45) is 0.348. The van der Waals surface area contributed by atoms with E-state index in [1.807, 2.05) is 6.07 Å². The van der Waals surface area contributed by atoms with E-state index in [0.717, 1.165) is 10.2 Å². The molecule has 0 radical (unpaired) electrons. The van der Waals surface area contributed by atoms with Gasteiger partial charge in [-0.25, -0.2) is 0 Å². The molecule has 0 bridgehead atoms. The summed E-state index contributed by atoms with van der Waals surface area (Å²) in [6.45, 7) is 1.49. The molecular weight excluding hydrogens is 310 g/mol. The lowest BCUT2D eigenvalue weighted by Gasteiger charge is -2.09. The summed E-state index contributed by atoms with van der Waals surface area (Å²) in [7, 11) is 1.59. The predicted octanol–water partition coefficient (Wildman–Crippen LogP) is 1.89. The van der Waals surface area contributed by atoms with Crippen molar-refractivity contribution in [2.75, 3.05) is 32.1 Å². The molecule has 0 saturated carbocycles. The van der Waals surface area contributed by atoms with Crippen LogP contribution in [0.3, 0.4) is 0 Å². The minimum atomic E-state index is -0.0435. The largest absolute Gasteiger partial charge is 0.383 e. The van der Waals surface area contributed by atoms with E-state index in [0.29, 0.717) is 31.7 Å². The summed E-state index contributed by atoms with van der Waals surface area (Å²) in [5.41, 5.74) is 1.28. The highest BCUT2D eigenvalue weighted by Gasteiger charge is 2.04. The van der Waals surface area contributed by atoms with Crippen LogP contribution in [-0.2, 0) is 9.53 Å². The van der Waals surface area contributed by atoms with Crippen LogP contribution in [0.1, 0.15) is 12.0 Å². The van der Waals surface area contributed by atoms with Crippen molar-refractivity contribution in [2.45, 2.75) is 6.42 Å². The van der Waals surface area contributed by atoms with Crippen molar-refractivity contribution in [2.24, 2.45) is 0 Å². The molecule has 1 amide bonds. The smallest absolute Gasteiger partial charge is 0.221 e. The van der Waals surface area contributed by atoms with Crippen molar-refractivity contribution in [3.8, 4) is 6.07 Å². The van der Waals surface area contributed by atoms with E-state index in [2.05, 4.69) is 32.6 Å². The van der Waals surface area contributed by atoms with E-state index >= 15 is 0 Å². The molecule has 102 valence electrons. The first-order chi connectivity index (χ1) is 9.17. The lowest BCUT2D eigenvalue weighted by atomic mass is 10.2. The third-order valence-electron chi connectivity index (χ3n) is 2.40. The average molecular weight is 326 g/mol. The normalized spacial score (nSPS) is 9.74. The Morgan fingerprint density at radius 3 is 2.95 bits per heavy atom. The first-order valence-electron chi connectivity index (χ1n) is 5.86. The third-order valence-corrected chi connectivity index (χ3v) is 2.89. The fraction of sp³-hybridized carbons (Fsp3) is 0.385. The Labute approximate surface area is 121 Å². The number of carbonyl (C=O) groups excluding carboxylic acids is 1. The van der Waals surface area contributed by atoms with Gasteiger partial charge in [-0.05, 0) is 18.2 Å². The molecule has 0 aliphatic rings. The molecule has 6 heteroatoms. The van der Waals surface area contributed by atoms with Gasteiger partial charge in [0.05, 0.1) is 17.9 Å². The fourth-order valence-electron chi connectivity index (χ4n) is 1.45. The molecule has 0 fully saturated rings. The van der Waals surface area contributed by atoms with Gasteiger partial charge < -0.3 is 15.4 Å². The van der Waals surface area contributed by atoms with Crippen LogP contribution in [0.15, 0.2) is 22.7 Å². The second-order valence-corrected chi connectivity index (χ2v) is 4.74. The van der Waals surface area contributed by atoms with Gasteiger partial charge in [-0.15, -0.1) is 0 Å². The summed E-state index contributed by atoms with van der Waals surface area (Å²) in [4.78, 5) is 11.4. The standard InChI is InChI=1S/C13H16BrN3O2/c1-19-7-6-17-13(18)4-5-16-12-8-11(14)3-2-10(12)9-15/h2-3,8,16H,4-7H2,1H3,(H,17,18). The number of amides is 1. The van der Waals surface area contributed by atoms with Gasteiger partial charge in [-0.3, -0.25) is 4.79 Å². The number of halogens is 1. The molecule has 0 heterocycles. The molecule has 0 aliphatic heterocycles. The average Bonchev–Trinajstić information content (AvgIpc) is 2.39. The topological polar surface area (TPSA) is 74.2 Å². The zero-order valence-electron chi connectivity index (χ0n) is 10.7. The van der Waals surface area contributed by atoms with Crippen LogP contribution < -0.4 is 10.6 Å². The van der Waals surface area contributed by atoms with Crippen molar-refractivity contribution >= 4 is 27.5 Å². The highest BCUT2D eigenvalue weighted by Crippen LogP contribution is 2.20. The summed E-state index contributed by atoms with van der Waals surface area (Å²) in [5.74, 6) is -0.0435. The Kier molecular flexibility index (Phi) is 6.93. The number of hydrogen-bond donors (Lipinski definition) is 2. The molecule has 0 spiro atoms. The first kappa shape index (κ1) is 15.5. The van der Waals surface area contributed by atoms with E-state index in [-0.39, 0.29) is 5.91 Å². The van der Waals surface area contributed by atoms with Crippen LogP contribution >= 0.6 is 15.9 Å². The molecule has 2 N–H and O–H groups in total. The molecule has 0 saturated heterocycles. The summed E-state index contributed by atoms with van der Waals surface area (Å²) in [6, 6.07) is 7.46. The van der Waals surface area contributed by atoms with E-state index in [1.165, 1.54) is 0 Å². The summed E-state index contributed by atoms with van der Waals surface area (Å²) < 4.78 is 5.73. The van der Waals surface area contributed by atoms with Crippen LogP contribution in [0, 0.1) is 11.3 Å². The van der Waals surface area contributed by atoms with Crippen LogP contribution in [-0.4, -0.2) is 32.7 Å². The minimum Gasteiger partial charge on any atom is -0.383 e. The van der Waals surface area contributed by atoms with Crippen LogP contribution in [0.2, 0.25) is 0 Å². The lowest BCUT2D eigenvalue weighted by molar-refractivity contribution is -0.121. The second-order valence-electron chi connectivity index (χ2n) is 3.82. The van der Waals surface area contributed by atoms with Crippen LogP contribution in [0.4, 0.5) is 5.69 Å². The molecule has 0 unspecified atom stereocenters. The molecular formula is C13H16BrN3O2. The fourth-order valence-corrected chi connectivity index (χ4v) is 1.81. The molecule has 0 aromatic heterocycles. The van der Waals surface area contributed by atoms with Gasteiger partial charge in [-0.1, -0.05) is 15.9 Å². The van der Waals surface area contributed by atoms with Gasteiger partial charge in [0.1, 0.15) is 6.07 Å². The molecule has 0 atom stereocenters. The van der Waals surface area contributed by atoms with Crippen molar-refractivity contribution in [1.29, 1.82) is 5.26 Å². The highest BCUT2D eigenvalue weighted by molar-refractivity contribution is 9.10. The monoisotopic (exact) mass is 325 g/mol. The van der Waals surface area contributed by atoms with E-state index in [1.54, 1.807) is 19.2 Å². The molecule has 19 heavy (non-hydrogen) atoms. The number of nitrogens with zero attached hydrogens (tertiary/aromatic N) is 1. The maximum atomic E-state index is 11.4.